The predicted molar refractivity (Wildman–Crippen MR) is 91.8 cm³/mol. The monoisotopic (exact) mass is 340 g/mol. The molecule has 1 unspecified atom stereocenters. The van der Waals surface area contributed by atoms with Crippen molar-refractivity contribution < 1.29 is 14.3 Å². The van der Waals surface area contributed by atoms with Gasteiger partial charge in [0.1, 0.15) is 12.4 Å². The summed E-state index contributed by atoms with van der Waals surface area (Å²) < 4.78 is 11.5. The molecule has 2 aliphatic heterocycles. The number of amides is 1. The lowest BCUT2D eigenvalue weighted by molar-refractivity contribution is -0.141. The van der Waals surface area contributed by atoms with Crippen molar-refractivity contribution in [2.45, 2.75) is 12.5 Å². The molecular formula is C18H20N4O3. The Morgan fingerprint density at radius 3 is 2.80 bits per heavy atom. The molecule has 0 spiro atoms. The van der Waals surface area contributed by atoms with Crippen molar-refractivity contribution in [3.8, 4) is 11.5 Å². The van der Waals surface area contributed by atoms with Crippen LogP contribution in [0.25, 0.3) is 0 Å². The van der Waals surface area contributed by atoms with E-state index >= 15 is 0 Å². The van der Waals surface area contributed by atoms with Gasteiger partial charge < -0.3 is 19.3 Å². The first-order chi connectivity index (χ1) is 12.3. The van der Waals surface area contributed by atoms with E-state index < -0.39 is 6.10 Å². The van der Waals surface area contributed by atoms with Gasteiger partial charge in [0, 0.05) is 38.6 Å². The van der Waals surface area contributed by atoms with E-state index in [4.69, 9.17) is 9.47 Å². The van der Waals surface area contributed by atoms with E-state index in [2.05, 4.69) is 14.9 Å². The van der Waals surface area contributed by atoms with Gasteiger partial charge in [0.25, 0.3) is 5.91 Å². The second kappa shape index (κ2) is 6.96. The number of nitrogens with zero attached hydrogens (tertiary/aromatic N) is 4. The molecule has 7 nitrogen and oxygen atoms in total. The molecule has 130 valence electrons. The van der Waals surface area contributed by atoms with Crippen LogP contribution in [0.5, 0.6) is 11.5 Å². The lowest BCUT2D eigenvalue weighted by Gasteiger charge is -2.30. The Bertz CT molecular complexity index is 740. The first-order valence-electron chi connectivity index (χ1n) is 8.49. The Morgan fingerprint density at radius 1 is 1.08 bits per heavy atom. The number of benzene rings is 1. The van der Waals surface area contributed by atoms with Gasteiger partial charge in [-0.15, -0.1) is 0 Å². The summed E-state index contributed by atoms with van der Waals surface area (Å²) in [6, 6.07) is 7.44. The molecule has 1 saturated heterocycles. The standard InChI is InChI=1S/C18H20N4O3/c23-18(16-13-24-14-4-1-2-5-15(14)25-16)22-9-3-8-21(10-11-22)17-12-19-6-7-20-17/h1-2,4-7,12,16H,3,8-11,13H2. The van der Waals surface area contributed by atoms with Gasteiger partial charge in [0.2, 0.25) is 6.10 Å². The molecule has 0 N–H and O–H groups in total. The fourth-order valence-corrected chi connectivity index (χ4v) is 3.17. The van der Waals surface area contributed by atoms with Crippen LogP contribution < -0.4 is 14.4 Å². The Hall–Kier alpha value is -2.83. The van der Waals surface area contributed by atoms with Crippen molar-refractivity contribution in [1.29, 1.82) is 0 Å². The fraction of sp³-hybridized carbons (Fsp3) is 0.389. The van der Waals surface area contributed by atoms with E-state index in [-0.39, 0.29) is 12.5 Å². The predicted octanol–water partition coefficient (Wildman–Crippen LogP) is 1.36. The number of hydrogen-bond acceptors (Lipinski definition) is 6. The SMILES string of the molecule is O=C(C1COc2ccccc2O1)N1CCCN(c2cnccn2)CC1. The molecule has 1 atom stereocenters. The van der Waals surface area contributed by atoms with Crippen LogP contribution in [0.3, 0.4) is 0 Å². The highest BCUT2D eigenvalue weighted by atomic mass is 16.6. The maximum atomic E-state index is 12.8. The van der Waals surface area contributed by atoms with Crippen LogP contribution in [-0.4, -0.2) is 59.7 Å². The van der Waals surface area contributed by atoms with E-state index in [0.29, 0.717) is 24.6 Å². The molecule has 0 saturated carbocycles. The van der Waals surface area contributed by atoms with Gasteiger partial charge in [0.15, 0.2) is 11.5 Å². The van der Waals surface area contributed by atoms with Crippen molar-refractivity contribution in [2.24, 2.45) is 0 Å². The summed E-state index contributed by atoms with van der Waals surface area (Å²) in [4.78, 5) is 25.3. The molecule has 25 heavy (non-hydrogen) atoms. The lowest BCUT2D eigenvalue weighted by Crippen LogP contribution is -2.47. The van der Waals surface area contributed by atoms with Gasteiger partial charge in [-0.3, -0.25) is 9.78 Å². The first kappa shape index (κ1) is 15.7. The molecule has 2 aliphatic rings. The smallest absolute Gasteiger partial charge is 0.267 e. The third-order valence-corrected chi connectivity index (χ3v) is 4.47. The number of carbonyl (C=O) groups is 1. The van der Waals surface area contributed by atoms with Crippen molar-refractivity contribution >= 4 is 11.7 Å². The van der Waals surface area contributed by atoms with E-state index in [1.54, 1.807) is 18.6 Å². The van der Waals surface area contributed by atoms with Crippen molar-refractivity contribution in [2.75, 3.05) is 37.7 Å². The van der Waals surface area contributed by atoms with Crippen LogP contribution in [0, 0.1) is 0 Å². The lowest BCUT2D eigenvalue weighted by atomic mass is 10.2. The molecule has 2 aromatic rings. The van der Waals surface area contributed by atoms with Crippen molar-refractivity contribution in [1.82, 2.24) is 14.9 Å². The Morgan fingerprint density at radius 2 is 1.96 bits per heavy atom. The summed E-state index contributed by atoms with van der Waals surface area (Å²) in [6.07, 6.45) is 5.40. The van der Waals surface area contributed by atoms with E-state index in [9.17, 15) is 4.79 Å². The zero-order valence-corrected chi connectivity index (χ0v) is 13.9. The molecule has 0 bridgehead atoms. The average Bonchev–Trinajstić information content (AvgIpc) is 2.94. The highest BCUT2D eigenvalue weighted by Gasteiger charge is 2.32. The van der Waals surface area contributed by atoms with Crippen LogP contribution in [0.2, 0.25) is 0 Å². The Kier molecular flexibility index (Phi) is 4.37. The number of anilines is 1. The molecule has 3 heterocycles. The third kappa shape index (κ3) is 3.35. The quantitative estimate of drug-likeness (QED) is 0.822. The zero-order chi connectivity index (χ0) is 17.1. The molecule has 0 aliphatic carbocycles. The topological polar surface area (TPSA) is 67.8 Å². The van der Waals surface area contributed by atoms with Crippen LogP contribution in [0.15, 0.2) is 42.9 Å². The molecule has 1 aromatic heterocycles. The number of fused-ring (bicyclic) bond motifs is 1. The number of ether oxygens (including phenoxy) is 2. The minimum Gasteiger partial charge on any atom is -0.485 e. The first-order valence-corrected chi connectivity index (χ1v) is 8.49. The molecule has 1 aromatic carbocycles. The van der Waals surface area contributed by atoms with Gasteiger partial charge >= 0.3 is 0 Å². The number of carbonyl (C=O) groups excluding carboxylic acids is 1. The average molecular weight is 340 g/mol. The maximum Gasteiger partial charge on any atom is 0.267 e. The number of para-hydroxylation sites is 2. The second-order valence-electron chi connectivity index (χ2n) is 6.09. The highest BCUT2D eigenvalue weighted by molar-refractivity contribution is 5.82. The Labute approximate surface area is 146 Å². The van der Waals surface area contributed by atoms with Gasteiger partial charge in [-0.2, -0.15) is 0 Å². The number of rotatable bonds is 2. The van der Waals surface area contributed by atoms with Gasteiger partial charge in [-0.05, 0) is 18.6 Å². The summed E-state index contributed by atoms with van der Waals surface area (Å²) in [7, 11) is 0. The van der Waals surface area contributed by atoms with Crippen LogP contribution in [0.1, 0.15) is 6.42 Å². The van der Waals surface area contributed by atoms with Crippen LogP contribution in [0.4, 0.5) is 5.82 Å². The minimum atomic E-state index is -0.585. The second-order valence-corrected chi connectivity index (χ2v) is 6.09. The largest absolute Gasteiger partial charge is 0.485 e. The number of hydrogen-bond donors (Lipinski definition) is 0. The minimum absolute atomic E-state index is 0.0181. The van der Waals surface area contributed by atoms with Crippen molar-refractivity contribution in [3.05, 3.63) is 42.9 Å². The summed E-state index contributed by atoms with van der Waals surface area (Å²) in [5, 5.41) is 0. The van der Waals surface area contributed by atoms with E-state index in [1.165, 1.54) is 0 Å². The van der Waals surface area contributed by atoms with Gasteiger partial charge in [0.05, 0.1) is 6.20 Å². The molecule has 1 fully saturated rings. The Balaban J connectivity index is 1.40. The van der Waals surface area contributed by atoms with E-state index in [0.717, 1.165) is 25.3 Å². The van der Waals surface area contributed by atoms with Gasteiger partial charge in [-0.1, -0.05) is 12.1 Å². The molecular weight excluding hydrogens is 320 g/mol. The highest BCUT2D eigenvalue weighted by Crippen LogP contribution is 2.31. The third-order valence-electron chi connectivity index (χ3n) is 4.47. The molecule has 4 rings (SSSR count). The van der Waals surface area contributed by atoms with Crippen LogP contribution in [-0.2, 0) is 4.79 Å². The number of aromatic nitrogens is 2. The zero-order valence-electron chi connectivity index (χ0n) is 13.9. The summed E-state index contributed by atoms with van der Waals surface area (Å²) >= 11 is 0. The summed E-state index contributed by atoms with van der Waals surface area (Å²) in [5.41, 5.74) is 0. The molecule has 7 heteroatoms. The van der Waals surface area contributed by atoms with Gasteiger partial charge in [-0.25, -0.2) is 4.98 Å². The molecule has 1 amide bonds. The maximum absolute atomic E-state index is 12.8. The fourth-order valence-electron chi connectivity index (χ4n) is 3.17. The van der Waals surface area contributed by atoms with Crippen LogP contribution >= 0.6 is 0 Å². The summed E-state index contributed by atoms with van der Waals surface area (Å²) in [6.45, 7) is 3.18. The normalized spacial score (nSPS) is 20.1. The molecule has 0 radical (unpaired) electrons. The van der Waals surface area contributed by atoms with E-state index in [1.807, 2.05) is 29.2 Å². The summed E-state index contributed by atoms with van der Waals surface area (Å²) in [5.74, 6) is 2.15. The van der Waals surface area contributed by atoms with Crippen molar-refractivity contribution in [3.63, 3.8) is 0 Å².